The molecule has 0 unspecified atom stereocenters. The average Bonchev–Trinajstić information content (AvgIpc) is 2.51. The number of anilines is 1. The van der Waals surface area contributed by atoms with Gasteiger partial charge in [-0.3, -0.25) is 0 Å². The number of hydrogen-bond acceptors (Lipinski definition) is 3. The molecule has 0 aromatic heterocycles. The lowest BCUT2D eigenvalue weighted by Gasteiger charge is -2.10. The summed E-state index contributed by atoms with van der Waals surface area (Å²) in [6.07, 6.45) is 2.22. The third kappa shape index (κ3) is 5.70. The Morgan fingerprint density at radius 1 is 1.27 bits per heavy atom. The summed E-state index contributed by atoms with van der Waals surface area (Å²) >= 11 is 6.01. The van der Waals surface area contributed by atoms with E-state index in [9.17, 15) is 8.78 Å². The van der Waals surface area contributed by atoms with Crippen LogP contribution in [0.25, 0.3) is 0 Å². The fourth-order valence-electron chi connectivity index (χ4n) is 2.39. The second kappa shape index (κ2) is 8.63. The second-order valence-electron chi connectivity index (χ2n) is 5.92. The molecule has 0 spiro atoms. The minimum Gasteiger partial charge on any atom is -0.384 e. The predicted molar refractivity (Wildman–Crippen MR) is 104 cm³/mol. The number of aliphatic imine (C=N–C) groups is 1. The largest absolute Gasteiger partial charge is 0.384 e. The third-order valence-electron chi connectivity index (χ3n) is 3.57. The molecule has 0 aliphatic heterocycles. The Bertz CT molecular complexity index is 865. The molecule has 0 bridgehead atoms. The first kappa shape index (κ1) is 19.7. The number of rotatable bonds is 6. The van der Waals surface area contributed by atoms with Gasteiger partial charge in [-0.1, -0.05) is 30.3 Å². The molecule has 2 aromatic carbocycles. The predicted octanol–water partition coefficient (Wildman–Crippen LogP) is 5.36. The van der Waals surface area contributed by atoms with Crippen LogP contribution >= 0.6 is 11.6 Å². The van der Waals surface area contributed by atoms with E-state index in [2.05, 4.69) is 16.9 Å². The maximum Gasteiger partial charge on any atom is 0.131 e. The molecule has 0 saturated heterocycles. The number of halogens is 3. The average molecular weight is 376 g/mol. The van der Waals surface area contributed by atoms with Crippen molar-refractivity contribution < 1.29 is 8.78 Å². The minimum atomic E-state index is -0.608. The van der Waals surface area contributed by atoms with Crippen molar-refractivity contribution in [1.29, 1.82) is 0 Å². The summed E-state index contributed by atoms with van der Waals surface area (Å²) in [6, 6.07) is 9.86. The maximum absolute atomic E-state index is 13.7. The maximum atomic E-state index is 13.7. The van der Waals surface area contributed by atoms with E-state index in [-0.39, 0.29) is 11.4 Å². The summed E-state index contributed by atoms with van der Waals surface area (Å²) in [4.78, 5) is 4.23. The summed E-state index contributed by atoms with van der Waals surface area (Å²) in [5.41, 5.74) is 8.14. The zero-order chi connectivity index (χ0) is 19.3. The van der Waals surface area contributed by atoms with E-state index in [1.54, 1.807) is 19.1 Å². The molecule has 0 atom stereocenters. The van der Waals surface area contributed by atoms with Crippen LogP contribution in [0.4, 0.5) is 14.5 Å². The van der Waals surface area contributed by atoms with Crippen LogP contribution in [0.1, 0.15) is 18.1 Å². The Morgan fingerprint density at radius 2 is 1.92 bits per heavy atom. The zero-order valence-corrected chi connectivity index (χ0v) is 15.4. The van der Waals surface area contributed by atoms with Crippen LogP contribution in [0.3, 0.4) is 0 Å². The third-order valence-corrected chi connectivity index (χ3v) is 3.80. The van der Waals surface area contributed by atoms with Crippen LogP contribution in [0.15, 0.2) is 65.6 Å². The lowest BCUT2D eigenvalue weighted by atomic mass is 10.1. The van der Waals surface area contributed by atoms with Crippen LogP contribution in [0.2, 0.25) is 5.02 Å². The first-order valence-corrected chi connectivity index (χ1v) is 8.29. The summed E-state index contributed by atoms with van der Waals surface area (Å²) in [5, 5.41) is 3.58. The fourth-order valence-corrected chi connectivity index (χ4v) is 2.61. The molecule has 0 aliphatic rings. The van der Waals surface area contributed by atoms with Gasteiger partial charge in [-0.2, -0.15) is 0 Å². The number of allylic oxidation sites excluding steroid dienone is 2. The molecule has 3 nitrogen and oxygen atoms in total. The minimum absolute atomic E-state index is 0.0141. The quantitative estimate of drug-likeness (QED) is 0.668. The first-order valence-electron chi connectivity index (χ1n) is 7.92. The van der Waals surface area contributed by atoms with Gasteiger partial charge in [0.2, 0.25) is 0 Å². The molecule has 0 amide bonds. The topological polar surface area (TPSA) is 50.4 Å². The molecule has 2 aromatic rings. The number of benzene rings is 2. The van der Waals surface area contributed by atoms with E-state index in [0.29, 0.717) is 28.5 Å². The Labute approximate surface area is 156 Å². The van der Waals surface area contributed by atoms with E-state index in [1.165, 1.54) is 19.1 Å². The van der Waals surface area contributed by atoms with Crippen LogP contribution in [0, 0.1) is 18.6 Å². The number of nitrogens with one attached hydrogen (secondary N) is 1. The highest BCUT2D eigenvalue weighted by Crippen LogP contribution is 2.19. The van der Waals surface area contributed by atoms with Crippen molar-refractivity contribution in [2.45, 2.75) is 20.3 Å². The highest BCUT2D eigenvalue weighted by molar-refractivity contribution is 6.30. The van der Waals surface area contributed by atoms with E-state index < -0.39 is 11.6 Å². The van der Waals surface area contributed by atoms with Gasteiger partial charge in [0, 0.05) is 34.1 Å². The van der Waals surface area contributed by atoms with Gasteiger partial charge < -0.3 is 11.1 Å². The van der Waals surface area contributed by atoms with Gasteiger partial charge in [-0.25, -0.2) is 13.8 Å². The van der Waals surface area contributed by atoms with Crippen molar-refractivity contribution in [3.8, 4) is 0 Å². The molecule has 2 rings (SSSR count). The molecule has 0 aliphatic carbocycles. The van der Waals surface area contributed by atoms with Crippen molar-refractivity contribution in [2.75, 3.05) is 5.32 Å². The molecule has 3 N–H and O–H groups in total. The summed E-state index contributed by atoms with van der Waals surface area (Å²) in [6.45, 7) is 6.75. The van der Waals surface area contributed by atoms with E-state index in [1.807, 2.05) is 18.2 Å². The fraction of sp³-hybridized carbons (Fsp3) is 0.150. The summed E-state index contributed by atoms with van der Waals surface area (Å²) in [7, 11) is 0. The van der Waals surface area contributed by atoms with Gasteiger partial charge in [0.1, 0.15) is 17.5 Å². The number of hydrogen-bond donors (Lipinski definition) is 2. The van der Waals surface area contributed by atoms with Crippen molar-refractivity contribution in [3.05, 3.63) is 88.4 Å². The lowest BCUT2D eigenvalue weighted by Crippen LogP contribution is -2.07. The lowest BCUT2D eigenvalue weighted by molar-refractivity contribution is 0.569. The number of nitrogens with two attached hydrogens (primary N) is 1. The zero-order valence-electron chi connectivity index (χ0n) is 14.6. The smallest absolute Gasteiger partial charge is 0.131 e. The van der Waals surface area contributed by atoms with E-state index in [4.69, 9.17) is 17.3 Å². The standard InChI is InChI=1S/C20H20ClF2N3/c1-12(25-18-10-19(22)13(2)20(23)11-18)7-17(26-14(3)24)9-15-5-4-6-16(21)8-15/h4-8,10-11,25H,3,9,24H2,1-2H3/b12-7+,26-17+. The van der Waals surface area contributed by atoms with Gasteiger partial charge in [-0.15, -0.1) is 0 Å². The Morgan fingerprint density at radius 3 is 2.50 bits per heavy atom. The van der Waals surface area contributed by atoms with Crippen molar-refractivity contribution in [1.82, 2.24) is 0 Å². The highest BCUT2D eigenvalue weighted by Gasteiger charge is 2.07. The molecule has 0 heterocycles. The summed E-state index contributed by atoms with van der Waals surface area (Å²) < 4.78 is 27.4. The normalized spacial score (nSPS) is 12.2. The highest BCUT2D eigenvalue weighted by atomic mass is 35.5. The van der Waals surface area contributed by atoms with Crippen molar-refractivity contribution in [3.63, 3.8) is 0 Å². The monoisotopic (exact) mass is 375 g/mol. The SMILES string of the molecule is C=C(N)/N=C(\C=C(/C)Nc1cc(F)c(C)c(F)c1)Cc1cccc(Cl)c1. The van der Waals surface area contributed by atoms with Crippen LogP contribution in [-0.4, -0.2) is 5.71 Å². The molecule has 0 saturated carbocycles. The summed E-state index contributed by atoms with van der Waals surface area (Å²) in [5.74, 6) is -1.05. The van der Waals surface area contributed by atoms with Gasteiger partial charge in [0.25, 0.3) is 0 Å². The molecular formula is C20H20ClF2N3. The van der Waals surface area contributed by atoms with Crippen molar-refractivity contribution in [2.24, 2.45) is 10.7 Å². The van der Waals surface area contributed by atoms with Crippen molar-refractivity contribution >= 4 is 23.0 Å². The van der Waals surface area contributed by atoms with Gasteiger partial charge >= 0.3 is 0 Å². The second-order valence-corrected chi connectivity index (χ2v) is 6.35. The molecule has 136 valence electrons. The van der Waals surface area contributed by atoms with E-state index >= 15 is 0 Å². The van der Waals surface area contributed by atoms with Gasteiger partial charge in [0.15, 0.2) is 0 Å². The molecule has 26 heavy (non-hydrogen) atoms. The van der Waals surface area contributed by atoms with Crippen LogP contribution in [0.5, 0.6) is 0 Å². The van der Waals surface area contributed by atoms with E-state index in [0.717, 1.165) is 5.56 Å². The number of nitrogens with zero attached hydrogens (tertiary/aromatic N) is 1. The first-order chi connectivity index (χ1) is 12.2. The Hall–Kier alpha value is -2.66. The van der Waals surface area contributed by atoms with Crippen LogP contribution in [-0.2, 0) is 6.42 Å². The van der Waals surface area contributed by atoms with Gasteiger partial charge in [0.05, 0.1) is 0 Å². The molecule has 0 radical (unpaired) electrons. The Balaban J connectivity index is 2.24. The van der Waals surface area contributed by atoms with Gasteiger partial charge in [-0.05, 0) is 49.8 Å². The van der Waals surface area contributed by atoms with Crippen LogP contribution < -0.4 is 11.1 Å². The molecular weight excluding hydrogens is 356 g/mol. The molecule has 6 heteroatoms. The molecule has 0 fully saturated rings. The Kier molecular flexibility index (Phi) is 6.52.